The van der Waals surface area contributed by atoms with Crippen LogP contribution in [0.25, 0.3) is 10.4 Å². The number of hydrogen-bond donors (Lipinski definition) is 1. The summed E-state index contributed by atoms with van der Waals surface area (Å²) in [5.41, 5.74) is 9.96. The van der Waals surface area contributed by atoms with E-state index in [2.05, 4.69) is 15.3 Å². The summed E-state index contributed by atoms with van der Waals surface area (Å²) in [4.78, 5) is 14.1. The van der Waals surface area contributed by atoms with Crippen LogP contribution in [0.4, 0.5) is 5.69 Å². The van der Waals surface area contributed by atoms with Crippen LogP contribution in [0.15, 0.2) is 29.4 Å². The van der Waals surface area contributed by atoms with Gasteiger partial charge in [-0.15, -0.1) is 0 Å². The van der Waals surface area contributed by atoms with Gasteiger partial charge in [-0.05, 0) is 36.6 Å². The monoisotopic (exact) mass is 218 g/mol. The van der Waals surface area contributed by atoms with E-state index in [4.69, 9.17) is 5.53 Å². The van der Waals surface area contributed by atoms with Gasteiger partial charge in [0.1, 0.15) is 0 Å². The third-order valence-electron chi connectivity index (χ3n) is 2.03. The molecule has 1 aromatic rings. The molecule has 0 aliphatic carbocycles. The highest BCUT2D eigenvalue weighted by atomic mass is 16.1. The van der Waals surface area contributed by atoms with Crippen LogP contribution in [0, 0.1) is 6.92 Å². The van der Waals surface area contributed by atoms with E-state index >= 15 is 0 Å². The lowest BCUT2D eigenvalue weighted by atomic mass is 10.2. The van der Waals surface area contributed by atoms with Gasteiger partial charge in [0.05, 0.1) is 0 Å². The maximum atomic E-state index is 11.4. The smallest absolute Gasteiger partial charge is 0.224 e. The van der Waals surface area contributed by atoms with Crippen molar-refractivity contribution < 1.29 is 4.79 Å². The third kappa shape index (κ3) is 4.48. The quantitative estimate of drug-likeness (QED) is 0.350. The first-order chi connectivity index (χ1) is 7.72. The highest BCUT2D eigenvalue weighted by Crippen LogP contribution is 2.10. The summed E-state index contributed by atoms with van der Waals surface area (Å²) in [6.45, 7) is 2.33. The van der Waals surface area contributed by atoms with Gasteiger partial charge in [0.25, 0.3) is 0 Å². The van der Waals surface area contributed by atoms with Crippen LogP contribution in [0.3, 0.4) is 0 Å². The SMILES string of the molecule is Cc1cccc(NC(=O)CCCN=[N+]=[N-])c1. The van der Waals surface area contributed by atoms with Crippen molar-refractivity contribution in [2.24, 2.45) is 5.11 Å². The fourth-order valence-electron chi connectivity index (χ4n) is 1.30. The maximum absolute atomic E-state index is 11.4. The Hall–Kier alpha value is -2.00. The highest BCUT2D eigenvalue weighted by Gasteiger charge is 2.01. The first-order valence-corrected chi connectivity index (χ1v) is 5.10. The Bertz CT molecular complexity index is 410. The Labute approximate surface area is 94.1 Å². The molecule has 0 aliphatic heterocycles. The van der Waals surface area contributed by atoms with Gasteiger partial charge in [-0.3, -0.25) is 4.79 Å². The number of nitrogens with zero attached hydrogens (tertiary/aromatic N) is 3. The molecule has 5 heteroatoms. The number of nitrogens with one attached hydrogen (secondary N) is 1. The predicted octanol–water partition coefficient (Wildman–Crippen LogP) is 3.02. The molecule has 0 spiro atoms. The van der Waals surface area contributed by atoms with Crippen molar-refractivity contribution in [3.05, 3.63) is 40.3 Å². The van der Waals surface area contributed by atoms with Gasteiger partial charge < -0.3 is 5.32 Å². The molecule has 5 nitrogen and oxygen atoms in total. The van der Waals surface area contributed by atoms with Gasteiger partial charge in [0.2, 0.25) is 5.91 Å². The number of aryl methyl sites for hydroxylation is 1. The fraction of sp³-hybridized carbons (Fsp3) is 0.364. The predicted molar refractivity (Wildman–Crippen MR) is 63.1 cm³/mol. The molecule has 0 saturated heterocycles. The second-order valence-corrected chi connectivity index (χ2v) is 3.48. The molecule has 0 heterocycles. The molecule has 0 atom stereocenters. The zero-order valence-corrected chi connectivity index (χ0v) is 9.18. The minimum Gasteiger partial charge on any atom is -0.326 e. The van der Waals surface area contributed by atoms with Crippen LogP contribution in [0.5, 0.6) is 0 Å². The molecule has 1 rings (SSSR count). The zero-order chi connectivity index (χ0) is 11.8. The molecule has 0 aromatic heterocycles. The average Bonchev–Trinajstić information content (AvgIpc) is 2.24. The number of rotatable bonds is 5. The van der Waals surface area contributed by atoms with Crippen LogP contribution in [0.1, 0.15) is 18.4 Å². The molecule has 0 saturated carbocycles. The Morgan fingerprint density at radius 2 is 2.38 bits per heavy atom. The van der Waals surface area contributed by atoms with Crippen molar-refractivity contribution in [1.82, 2.24) is 0 Å². The molecular weight excluding hydrogens is 204 g/mol. The average molecular weight is 218 g/mol. The number of amides is 1. The normalized spacial score (nSPS) is 9.31. The topological polar surface area (TPSA) is 77.9 Å². The number of hydrogen-bond acceptors (Lipinski definition) is 2. The van der Waals surface area contributed by atoms with Crippen molar-refractivity contribution in [1.29, 1.82) is 0 Å². The summed E-state index contributed by atoms with van der Waals surface area (Å²) in [6, 6.07) is 7.62. The van der Waals surface area contributed by atoms with Gasteiger partial charge in [0.15, 0.2) is 0 Å². The summed E-state index contributed by atoms with van der Waals surface area (Å²) in [5, 5.41) is 6.15. The van der Waals surface area contributed by atoms with Crippen LogP contribution in [0.2, 0.25) is 0 Å². The Kier molecular flexibility index (Phi) is 4.89. The van der Waals surface area contributed by atoms with Gasteiger partial charge in [-0.25, -0.2) is 0 Å². The van der Waals surface area contributed by atoms with Crippen LogP contribution in [-0.2, 0) is 4.79 Å². The molecule has 0 fully saturated rings. The summed E-state index contributed by atoms with van der Waals surface area (Å²) < 4.78 is 0. The second-order valence-electron chi connectivity index (χ2n) is 3.48. The highest BCUT2D eigenvalue weighted by molar-refractivity contribution is 5.90. The standard InChI is InChI=1S/C11H14N4O/c1-9-4-2-5-10(8-9)14-11(16)6-3-7-13-15-12/h2,4-5,8H,3,6-7H2,1H3,(H,14,16). The third-order valence-corrected chi connectivity index (χ3v) is 2.03. The molecule has 84 valence electrons. The van der Waals surface area contributed by atoms with Crippen LogP contribution < -0.4 is 5.32 Å². The molecule has 1 N–H and O–H groups in total. The summed E-state index contributed by atoms with van der Waals surface area (Å²) in [6.07, 6.45) is 0.939. The molecule has 1 amide bonds. The number of carbonyl (C=O) groups excluding carboxylic acids is 1. The number of carbonyl (C=O) groups is 1. The van der Waals surface area contributed by atoms with Crippen molar-refractivity contribution >= 4 is 11.6 Å². The van der Waals surface area contributed by atoms with Crippen LogP contribution >= 0.6 is 0 Å². The van der Waals surface area contributed by atoms with Gasteiger partial charge in [-0.2, -0.15) is 0 Å². The number of anilines is 1. The van der Waals surface area contributed by atoms with Crippen molar-refractivity contribution in [2.75, 3.05) is 11.9 Å². The first kappa shape index (κ1) is 12.1. The van der Waals surface area contributed by atoms with Crippen LogP contribution in [-0.4, -0.2) is 12.5 Å². The molecule has 16 heavy (non-hydrogen) atoms. The zero-order valence-electron chi connectivity index (χ0n) is 9.18. The molecular formula is C11H14N4O. The van der Waals surface area contributed by atoms with Crippen molar-refractivity contribution in [2.45, 2.75) is 19.8 Å². The van der Waals surface area contributed by atoms with Crippen molar-refractivity contribution in [3.63, 3.8) is 0 Å². The first-order valence-electron chi connectivity index (χ1n) is 5.10. The minimum absolute atomic E-state index is 0.0567. The summed E-state index contributed by atoms with van der Waals surface area (Å²) in [5.74, 6) is -0.0567. The molecule has 0 radical (unpaired) electrons. The maximum Gasteiger partial charge on any atom is 0.224 e. The number of azide groups is 1. The Morgan fingerprint density at radius 1 is 1.56 bits per heavy atom. The van der Waals surface area contributed by atoms with E-state index < -0.39 is 0 Å². The second kappa shape index (κ2) is 6.48. The Morgan fingerprint density at radius 3 is 3.06 bits per heavy atom. The largest absolute Gasteiger partial charge is 0.326 e. The van der Waals surface area contributed by atoms with Gasteiger partial charge >= 0.3 is 0 Å². The minimum atomic E-state index is -0.0567. The van der Waals surface area contributed by atoms with Gasteiger partial charge in [0, 0.05) is 23.6 Å². The van der Waals surface area contributed by atoms with E-state index in [9.17, 15) is 4.79 Å². The molecule has 0 unspecified atom stereocenters. The van der Waals surface area contributed by atoms with Gasteiger partial charge in [-0.1, -0.05) is 17.2 Å². The lowest BCUT2D eigenvalue weighted by molar-refractivity contribution is -0.116. The van der Waals surface area contributed by atoms with E-state index in [1.54, 1.807) is 0 Å². The lowest BCUT2D eigenvalue weighted by Gasteiger charge is -2.04. The number of benzene rings is 1. The van der Waals surface area contributed by atoms with E-state index in [1.807, 2.05) is 31.2 Å². The van der Waals surface area contributed by atoms with Crippen molar-refractivity contribution in [3.8, 4) is 0 Å². The summed E-state index contributed by atoms with van der Waals surface area (Å²) >= 11 is 0. The van der Waals surface area contributed by atoms with E-state index in [0.29, 0.717) is 19.4 Å². The van der Waals surface area contributed by atoms with E-state index in [-0.39, 0.29) is 5.91 Å². The van der Waals surface area contributed by atoms with E-state index in [1.165, 1.54) is 0 Å². The lowest BCUT2D eigenvalue weighted by Crippen LogP contribution is -2.11. The fourth-order valence-corrected chi connectivity index (χ4v) is 1.30. The Balaban J connectivity index is 2.36. The molecule has 1 aromatic carbocycles. The molecule has 0 bridgehead atoms. The van der Waals surface area contributed by atoms with E-state index in [0.717, 1.165) is 11.3 Å². The molecule has 0 aliphatic rings. The summed E-state index contributed by atoms with van der Waals surface area (Å²) in [7, 11) is 0.